The zero-order chi connectivity index (χ0) is 14.3. The van der Waals surface area contributed by atoms with Gasteiger partial charge < -0.3 is 0 Å². The summed E-state index contributed by atoms with van der Waals surface area (Å²) in [6.45, 7) is 13.7. The monoisotopic (exact) mass is 298 g/mol. The van der Waals surface area contributed by atoms with Crippen LogP contribution in [-0.2, 0) is 0 Å². The Kier molecular flexibility index (Phi) is 4.41. The average Bonchev–Trinajstić information content (AvgIpc) is 2.84. The summed E-state index contributed by atoms with van der Waals surface area (Å²) in [5.74, 6) is 2.28. The fraction of sp³-hybridized carbons (Fsp3) is 0.867. The van der Waals surface area contributed by atoms with Gasteiger partial charge >= 0.3 is 0 Å². The molecule has 108 valence electrons. The summed E-state index contributed by atoms with van der Waals surface area (Å²) >= 11 is 3.86. The zero-order valence-electron chi connectivity index (χ0n) is 13.0. The first-order valence-electron chi connectivity index (χ1n) is 7.05. The van der Waals surface area contributed by atoms with Crippen LogP contribution >= 0.6 is 23.5 Å². The summed E-state index contributed by atoms with van der Waals surface area (Å²) in [5.41, 5.74) is 0.570. The van der Waals surface area contributed by atoms with Crippen LogP contribution in [0.25, 0.3) is 0 Å². The third-order valence-electron chi connectivity index (χ3n) is 3.72. The molecule has 2 heterocycles. The topological polar surface area (TPSA) is 24.7 Å². The van der Waals surface area contributed by atoms with Crippen molar-refractivity contribution in [3.05, 3.63) is 0 Å². The normalized spacial score (nSPS) is 28.5. The molecular weight excluding hydrogens is 272 g/mol. The lowest BCUT2D eigenvalue weighted by atomic mass is 9.88. The smallest absolute Gasteiger partial charge is 0.0745 e. The number of nitrogens with zero attached hydrogens (tertiary/aromatic N) is 2. The van der Waals surface area contributed by atoms with Gasteiger partial charge in [-0.15, -0.1) is 23.5 Å². The standard InChI is InChI=1S/C15H26N2S2/c1-14(2,3)10-8-18-12(16-10)7-13-17-11(9-19-13)15(4,5)6/h10-11H,7-9H2,1-6H3/t10-,11-/m0/s1. The van der Waals surface area contributed by atoms with Gasteiger partial charge in [0.05, 0.1) is 22.2 Å². The van der Waals surface area contributed by atoms with Gasteiger partial charge in [-0.3, -0.25) is 9.98 Å². The highest BCUT2D eigenvalue weighted by molar-refractivity contribution is 8.16. The molecule has 0 aliphatic carbocycles. The van der Waals surface area contributed by atoms with E-state index < -0.39 is 0 Å². The largest absolute Gasteiger partial charge is 0.278 e. The van der Waals surface area contributed by atoms with Crippen molar-refractivity contribution >= 4 is 33.6 Å². The second kappa shape index (κ2) is 5.44. The molecule has 0 saturated carbocycles. The summed E-state index contributed by atoms with van der Waals surface area (Å²) in [4.78, 5) is 9.79. The Bertz CT molecular complexity index is 361. The molecule has 0 bridgehead atoms. The molecule has 0 fully saturated rings. The Morgan fingerprint density at radius 3 is 1.47 bits per heavy atom. The van der Waals surface area contributed by atoms with Crippen LogP contribution < -0.4 is 0 Å². The van der Waals surface area contributed by atoms with Crippen molar-refractivity contribution in [3.8, 4) is 0 Å². The summed E-state index contributed by atoms with van der Waals surface area (Å²) in [6, 6.07) is 0.941. The molecule has 0 N–H and O–H groups in total. The highest BCUT2D eigenvalue weighted by atomic mass is 32.2. The maximum atomic E-state index is 4.90. The number of rotatable bonds is 2. The Hall–Kier alpha value is 0.0400. The highest BCUT2D eigenvalue weighted by Crippen LogP contribution is 2.36. The molecule has 0 aromatic heterocycles. The zero-order valence-corrected chi connectivity index (χ0v) is 14.6. The minimum atomic E-state index is 0.285. The molecule has 19 heavy (non-hydrogen) atoms. The molecule has 4 heteroatoms. The average molecular weight is 299 g/mol. The summed E-state index contributed by atoms with van der Waals surface area (Å²) < 4.78 is 0. The van der Waals surface area contributed by atoms with Crippen molar-refractivity contribution in [2.45, 2.75) is 60.0 Å². The van der Waals surface area contributed by atoms with E-state index in [0.29, 0.717) is 12.1 Å². The minimum Gasteiger partial charge on any atom is -0.278 e. The van der Waals surface area contributed by atoms with Crippen LogP contribution in [0.1, 0.15) is 48.0 Å². The van der Waals surface area contributed by atoms with Crippen LogP contribution in [-0.4, -0.2) is 33.7 Å². The van der Waals surface area contributed by atoms with Crippen LogP contribution in [0, 0.1) is 10.8 Å². The Balaban J connectivity index is 1.97. The molecule has 0 radical (unpaired) electrons. The number of thioether (sulfide) groups is 2. The lowest BCUT2D eigenvalue weighted by Crippen LogP contribution is -2.24. The fourth-order valence-electron chi connectivity index (χ4n) is 2.06. The maximum absolute atomic E-state index is 4.90. The fourth-order valence-corrected chi connectivity index (χ4v) is 4.88. The first kappa shape index (κ1) is 15.4. The van der Waals surface area contributed by atoms with Gasteiger partial charge in [0.15, 0.2) is 0 Å². The Morgan fingerprint density at radius 1 is 0.842 bits per heavy atom. The van der Waals surface area contributed by atoms with E-state index in [9.17, 15) is 0 Å². The molecule has 0 spiro atoms. The highest BCUT2D eigenvalue weighted by Gasteiger charge is 2.32. The molecule has 0 aromatic rings. The van der Waals surface area contributed by atoms with Gasteiger partial charge in [0, 0.05) is 17.9 Å². The lowest BCUT2D eigenvalue weighted by Gasteiger charge is -2.23. The Labute approximate surface area is 126 Å². The third kappa shape index (κ3) is 4.01. The minimum absolute atomic E-state index is 0.285. The van der Waals surface area contributed by atoms with Gasteiger partial charge in [0.1, 0.15) is 0 Å². The molecule has 0 aromatic carbocycles. The molecule has 2 rings (SSSR count). The van der Waals surface area contributed by atoms with Crippen molar-refractivity contribution in [2.24, 2.45) is 20.8 Å². The van der Waals surface area contributed by atoms with Crippen LogP contribution in [0.5, 0.6) is 0 Å². The summed E-state index contributed by atoms with van der Waals surface area (Å²) in [5, 5.41) is 2.58. The molecule has 0 unspecified atom stereocenters. The van der Waals surface area contributed by atoms with Crippen LogP contribution in [0.2, 0.25) is 0 Å². The van der Waals surface area contributed by atoms with Gasteiger partial charge in [-0.05, 0) is 10.8 Å². The van der Waals surface area contributed by atoms with Crippen LogP contribution in [0.4, 0.5) is 0 Å². The third-order valence-corrected chi connectivity index (χ3v) is 5.85. The second-order valence-corrected chi connectivity index (χ2v) is 9.79. The molecule has 2 atom stereocenters. The predicted octanol–water partition coefficient (Wildman–Crippen LogP) is 4.50. The molecule has 2 aliphatic heterocycles. The van der Waals surface area contributed by atoms with E-state index in [1.165, 1.54) is 10.1 Å². The van der Waals surface area contributed by atoms with E-state index in [0.717, 1.165) is 17.9 Å². The first-order valence-corrected chi connectivity index (χ1v) is 9.02. The molecule has 2 aliphatic rings. The lowest BCUT2D eigenvalue weighted by molar-refractivity contribution is 0.348. The van der Waals surface area contributed by atoms with E-state index in [-0.39, 0.29) is 10.8 Å². The maximum Gasteiger partial charge on any atom is 0.0745 e. The van der Waals surface area contributed by atoms with E-state index in [4.69, 9.17) is 9.98 Å². The molecular formula is C15H26N2S2. The summed E-state index contributed by atoms with van der Waals surface area (Å²) in [6.07, 6.45) is 0.967. The van der Waals surface area contributed by atoms with Crippen molar-refractivity contribution in [2.75, 3.05) is 11.5 Å². The van der Waals surface area contributed by atoms with Crippen molar-refractivity contribution < 1.29 is 0 Å². The van der Waals surface area contributed by atoms with Crippen LogP contribution in [0.3, 0.4) is 0 Å². The van der Waals surface area contributed by atoms with Crippen molar-refractivity contribution in [3.63, 3.8) is 0 Å². The van der Waals surface area contributed by atoms with Crippen LogP contribution in [0.15, 0.2) is 9.98 Å². The molecule has 0 saturated heterocycles. The number of aliphatic imine (C=N–C) groups is 2. The van der Waals surface area contributed by atoms with E-state index in [1.54, 1.807) is 0 Å². The quantitative estimate of drug-likeness (QED) is 0.750. The van der Waals surface area contributed by atoms with Crippen molar-refractivity contribution in [1.82, 2.24) is 0 Å². The van der Waals surface area contributed by atoms with Gasteiger partial charge in [-0.25, -0.2) is 0 Å². The summed E-state index contributed by atoms with van der Waals surface area (Å²) in [7, 11) is 0. The van der Waals surface area contributed by atoms with Gasteiger partial charge in [-0.1, -0.05) is 41.5 Å². The number of hydrogen-bond donors (Lipinski definition) is 0. The molecule has 0 amide bonds. The van der Waals surface area contributed by atoms with Gasteiger partial charge in [0.25, 0.3) is 0 Å². The van der Waals surface area contributed by atoms with Gasteiger partial charge in [-0.2, -0.15) is 0 Å². The van der Waals surface area contributed by atoms with Gasteiger partial charge in [0.2, 0.25) is 0 Å². The predicted molar refractivity (Wildman–Crippen MR) is 90.9 cm³/mol. The SMILES string of the molecule is CC(C)(C)[C@@H]1CSC(CC2=N[C@H](C(C)(C)C)CS2)=N1. The molecule has 2 nitrogen and oxygen atoms in total. The first-order chi connectivity index (χ1) is 8.66. The number of hydrogen-bond acceptors (Lipinski definition) is 4. The van der Waals surface area contributed by atoms with E-state index in [2.05, 4.69) is 41.5 Å². The van der Waals surface area contributed by atoms with Crippen molar-refractivity contribution in [1.29, 1.82) is 0 Å². The van der Waals surface area contributed by atoms with E-state index in [1.807, 2.05) is 23.5 Å². The Morgan fingerprint density at radius 2 is 1.21 bits per heavy atom. The van der Waals surface area contributed by atoms with E-state index >= 15 is 0 Å². The second-order valence-electron chi connectivity index (χ2n) is 7.61.